The fraction of sp³-hybridized carbons (Fsp3) is 0.643. The highest BCUT2D eigenvalue weighted by molar-refractivity contribution is 4.87. The van der Waals surface area contributed by atoms with Crippen molar-refractivity contribution in [2.24, 2.45) is 7.05 Å². The van der Waals surface area contributed by atoms with E-state index in [9.17, 15) is 0 Å². The molecule has 1 aliphatic rings. The molecule has 1 aliphatic heterocycles. The van der Waals surface area contributed by atoms with Crippen LogP contribution >= 0.6 is 0 Å². The molecule has 0 saturated carbocycles. The van der Waals surface area contributed by atoms with E-state index in [4.69, 9.17) is 0 Å². The van der Waals surface area contributed by atoms with Gasteiger partial charge in [-0.1, -0.05) is 13.3 Å². The molecule has 0 unspecified atom stereocenters. The summed E-state index contributed by atoms with van der Waals surface area (Å²) in [5.41, 5.74) is 0. The van der Waals surface area contributed by atoms with E-state index in [1.165, 1.54) is 12.8 Å². The van der Waals surface area contributed by atoms with Gasteiger partial charge in [0.1, 0.15) is 12.4 Å². The molecule has 0 spiro atoms. The minimum atomic E-state index is 1.05. The first kappa shape index (κ1) is 14.6. The van der Waals surface area contributed by atoms with Gasteiger partial charge in [-0.25, -0.2) is 9.13 Å². The molecule has 1 aromatic heterocycles. The minimum absolute atomic E-state index is 1.05. The van der Waals surface area contributed by atoms with Crippen molar-refractivity contribution in [3.05, 3.63) is 31.1 Å². The van der Waals surface area contributed by atoms with Gasteiger partial charge in [-0.05, 0) is 13.3 Å². The Hall–Kier alpha value is -1.45. The molecule has 4 heteroatoms. The van der Waals surface area contributed by atoms with Crippen molar-refractivity contribution in [1.82, 2.24) is 14.4 Å². The van der Waals surface area contributed by atoms with Gasteiger partial charge in [0.15, 0.2) is 0 Å². The molecule has 102 valence electrons. The van der Waals surface area contributed by atoms with Gasteiger partial charge in [-0.3, -0.25) is 0 Å². The second-order valence-electron chi connectivity index (χ2n) is 4.77. The van der Waals surface area contributed by atoms with E-state index >= 15 is 0 Å². The van der Waals surface area contributed by atoms with E-state index in [2.05, 4.69) is 71.0 Å². The van der Waals surface area contributed by atoms with Gasteiger partial charge in [0, 0.05) is 26.0 Å². The highest BCUT2D eigenvalue weighted by atomic mass is 15.3. The molecule has 2 heterocycles. The van der Waals surface area contributed by atoms with Crippen molar-refractivity contribution in [3.63, 3.8) is 0 Å². The van der Waals surface area contributed by atoms with Crippen LogP contribution in [0, 0.1) is 0 Å². The Kier molecular flexibility index (Phi) is 6.33. The smallest absolute Gasteiger partial charge is 0.243 e. The van der Waals surface area contributed by atoms with E-state index in [1.807, 2.05) is 7.05 Å². The first-order valence-electron chi connectivity index (χ1n) is 6.79. The van der Waals surface area contributed by atoms with E-state index in [-0.39, 0.29) is 0 Å². The van der Waals surface area contributed by atoms with Crippen LogP contribution in [0.5, 0.6) is 0 Å². The number of rotatable bonds is 4. The predicted octanol–water partition coefficient (Wildman–Crippen LogP) is 1.80. The average Bonchev–Trinajstić information content (AvgIpc) is 2.96. The molecular formula is C14H27N4+. The van der Waals surface area contributed by atoms with Crippen LogP contribution in [0.4, 0.5) is 0 Å². The van der Waals surface area contributed by atoms with Gasteiger partial charge in [0.2, 0.25) is 6.33 Å². The molecule has 0 amide bonds. The van der Waals surface area contributed by atoms with E-state index in [0.29, 0.717) is 0 Å². The van der Waals surface area contributed by atoms with Crippen LogP contribution in [0.3, 0.4) is 0 Å². The lowest BCUT2D eigenvalue weighted by molar-refractivity contribution is -0.671. The third-order valence-electron chi connectivity index (χ3n) is 2.94. The zero-order valence-corrected chi connectivity index (χ0v) is 12.2. The van der Waals surface area contributed by atoms with E-state index in [0.717, 1.165) is 19.8 Å². The second-order valence-corrected chi connectivity index (χ2v) is 4.77. The lowest BCUT2D eigenvalue weighted by atomic mass is 10.3. The number of hydrogen-bond acceptors (Lipinski definition) is 2. The summed E-state index contributed by atoms with van der Waals surface area (Å²) in [5.74, 6) is 0. The van der Waals surface area contributed by atoms with Crippen molar-refractivity contribution in [1.29, 1.82) is 0 Å². The SMILES string of the molecule is CCCCn1cc[n+](C)c1.CCN1C=CN(C)C1. The number of nitrogens with zero attached hydrogens (tertiary/aromatic N) is 4. The van der Waals surface area contributed by atoms with Crippen LogP contribution in [-0.4, -0.2) is 34.6 Å². The number of hydrogen-bond donors (Lipinski definition) is 0. The maximum Gasteiger partial charge on any atom is 0.243 e. The van der Waals surface area contributed by atoms with Crippen molar-refractivity contribution < 1.29 is 4.57 Å². The number of imidazole rings is 1. The third kappa shape index (κ3) is 5.25. The molecule has 1 aromatic rings. The van der Waals surface area contributed by atoms with Crippen LogP contribution in [0.1, 0.15) is 26.7 Å². The summed E-state index contributed by atoms with van der Waals surface area (Å²) >= 11 is 0. The number of aryl methyl sites for hydroxylation is 2. The maximum absolute atomic E-state index is 2.25. The summed E-state index contributed by atoms with van der Waals surface area (Å²) in [6.07, 6.45) is 13.0. The normalized spacial score (nSPS) is 13.8. The number of aromatic nitrogens is 2. The van der Waals surface area contributed by atoms with Crippen molar-refractivity contribution in [2.45, 2.75) is 33.2 Å². The Labute approximate surface area is 111 Å². The Morgan fingerprint density at radius 2 is 2.00 bits per heavy atom. The standard InChI is InChI=1S/C8H15N2.C6H12N2/c1-3-4-5-10-7-6-9(2)8-10;1-3-8-5-4-7(2)6-8/h6-8H,3-5H2,1-2H3;4-5H,3,6H2,1-2H3/q+1;. The molecule has 0 aromatic carbocycles. The summed E-state index contributed by atoms with van der Waals surface area (Å²) < 4.78 is 4.28. The molecule has 18 heavy (non-hydrogen) atoms. The zero-order chi connectivity index (χ0) is 13.4. The van der Waals surface area contributed by atoms with E-state index < -0.39 is 0 Å². The van der Waals surface area contributed by atoms with Gasteiger partial charge >= 0.3 is 0 Å². The van der Waals surface area contributed by atoms with Crippen LogP contribution in [-0.2, 0) is 13.6 Å². The quantitative estimate of drug-likeness (QED) is 0.758. The topological polar surface area (TPSA) is 15.3 Å². The molecule has 0 radical (unpaired) electrons. The van der Waals surface area contributed by atoms with Gasteiger partial charge in [0.05, 0.1) is 20.3 Å². The molecule has 0 bridgehead atoms. The molecule has 0 atom stereocenters. The minimum Gasteiger partial charge on any atom is -0.362 e. The zero-order valence-electron chi connectivity index (χ0n) is 12.2. The summed E-state index contributed by atoms with van der Waals surface area (Å²) in [7, 11) is 4.12. The highest BCUT2D eigenvalue weighted by Gasteiger charge is 2.03. The first-order chi connectivity index (χ1) is 8.65. The van der Waals surface area contributed by atoms with Crippen LogP contribution in [0.15, 0.2) is 31.1 Å². The second kappa shape index (κ2) is 7.80. The Bertz CT molecular complexity index is 356. The molecule has 2 rings (SSSR count). The molecule has 0 saturated heterocycles. The Morgan fingerprint density at radius 3 is 2.39 bits per heavy atom. The van der Waals surface area contributed by atoms with Crippen molar-refractivity contribution in [3.8, 4) is 0 Å². The van der Waals surface area contributed by atoms with Crippen LogP contribution < -0.4 is 4.57 Å². The fourth-order valence-corrected chi connectivity index (χ4v) is 1.77. The van der Waals surface area contributed by atoms with Crippen molar-refractivity contribution >= 4 is 0 Å². The molecule has 0 aliphatic carbocycles. The predicted molar refractivity (Wildman–Crippen MR) is 74.7 cm³/mol. The van der Waals surface area contributed by atoms with Gasteiger partial charge < -0.3 is 9.80 Å². The summed E-state index contributed by atoms with van der Waals surface area (Å²) in [5, 5.41) is 0. The number of unbranched alkanes of at least 4 members (excludes halogenated alkanes) is 1. The summed E-state index contributed by atoms with van der Waals surface area (Å²) in [4.78, 5) is 4.41. The molecule has 0 fully saturated rings. The largest absolute Gasteiger partial charge is 0.362 e. The van der Waals surface area contributed by atoms with Crippen molar-refractivity contribution in [2.75, 3.05) is 20.3 Å². The third-order valence-corrected chi connectivity index (χ3v) is 2.94. The van der Waals surface area contributed by atoms with Gasteiger partial charge in [-0.2, -0.15) is 0 Å². The summed E-state index contributed by atoms with van der Waals surface area (Å²) in [6.45, 7) is 7.68. The first-order valence-corrected chi connectivity index (χ1v) is 6.79. The molecule has 4 nitrogen and oxygen atoms in total. The van der Waals surface area contributed by atoms with Gasteiger partial charge in [0.25, 0.3) is 0 Å². The lowest BCUT2D eigenvalue weighted by Crippen LogP contribution is -2.23. The Morgan fingerprint density at radius 1 is 1.22 bits per heavy atom. The monoisotopic (exact) mass is 251 g/mol. The van der Waals surface area contributed by atoms with Crippen LogP contribution in [0.25, 0.3) is 0 Å². The molecule has 0 N–H and O–H groups in total. The highest BCUT2D eigenvalue weighted by Crippen LogP contribution is 2.00. The lowest BCUT2D eigenvalue weighted by Gasteiger charge is -2.14. The molecular weight excluding hydrogens is 224 g/mol. The van der Waals surface area contributed by atoms with Crippen LogP contribution in [0.2, 0.25) is 0 Å². The Balaban J connectivity index is 0.000000184. The van der Waals surface area contributed by atoms with Gasteiger partial charge in [-0.15, -0.1) is 0 Å². The van der Waals surface area contributed by atoms with E-state index in [1.54, 1.807) is 0 Å². The maximum atomic E-state index is 2.25. The fourth-order valence-electron chi connectivity index (χ4n) is 1.77. The average molecular weight is 251 g/mol. The summed E-state index contributed by atoms with van der Waals surface area (Å²) in [6, 6.07) is 0.